The number of aromatic nitrogens is 2. The lowest BCUT2D eigenvalue weighted by atomic mass is 10.2. The van der Waals surface area contributed by atoms with Crippen molar-refractivity contribution in [2.45, 2.75) is 25.8 Å². The zero-order valence-electron chi connectivity index (χ0n) is 9.48. The summed E-state index contributed by atoms with van der Waals surface area (Å²) >= 11 is 0. The number of rotatable bonds is 2. The molecule has 0 bridgehead atoms. The largest absolute Gasteiger partial charge is 0.364 e. The van der Waals surface area contributed by atoms with E-state index in [4.69, 9.17) is 0 Å². The van der Waals surface area contributed by atoms with Crippen molar-refractivity contribution in [2.24, 2.45) is 0 Å². The van der Waals surface area contributed by atoms with Gasteiger partial charge in [0.15, 0.2) is 21.5 Å². The average molecular weight is 259 g/mol. The highest BCUT2D eigenvalue weighted by Crippen LogP contribution is 2.18. The molecule has 0 aliphatic carbocycles. The predicted octanol–water partition coefficient (Wildman–Crippen LogP) is 0.913. The van der Waals surface area contributed by atoms with Crippen LogP contribution in [0.2, 0.25) is 0 Å². The van der Waals surface area contributed by atoms with Gasteiger partial charge in [0.2, 0.25) is 0 Å². The number of halogens is 1. The Balaban J connectivity index is 2.13. The van der Waals surface area contributed by atoms with Gasteiger partial charge in [0.1, 0.15) is 6.33 Å². The Morgan fingerprint density at radius 1 is 1.47 bits per heavy atom. The van der Waals surface area contributed by atoms with Crippen LogP contribution in [0.25, 0.3) is 0 Å². The third-order valence-corrected chi connectivity index (χ3v) is 4.59. The van der Waals surface area contributed by atoms with Crippen molar-refractivity contribution in [2.75, 3.05) is 16.8 Å². The van der Waals surface area contributed by atoms with Crippen LogP contribution in [-0.4, -0.2) is 35.9 Å². The summed E-state index contributed by atoms with van der Waals surface area (Å²) < 4.78 is 36.5. The minimum atomic E-state index is -3.00. The number of nitrogens with one attached hydrogen (secondary N) is 1. The SMILES string of the molecule is Cc1ncnc(NC2CCCS(=O)(=O)C2)c1F. The average Bonchev–Trinajstić information content (AvgIpc) is 2.23. The third kappa shape index (κ3) is 2.91. The molecule has 0 saturated carbocycles. The molecule has 1 atom stereocenters. The Morgan fingerprint density at radius 3 is 2.94 bits per heavy atom. The van der Waals surface area contributed by atoms with Crippen LogP contribution in [0.4, 0.5) is 10.2 Å². The van der Waals surface area contributed by atoms with Crippen LogP contribution in [-0.2, 0) is 9.84 Å². The first kappa shape index (κ1) is 12.2. The van der Waals surface area contributed by atoms with Crippen LogP contribution in [0.15, 0.2) is 6.33 Å². The van der Waals surface area contributed by atoms with Crippen LogP contribution < -0.4 is 5.32 Å². The number of sulfone groups is 1. The first-order valence-electron chi connectivity index (χ1n) is 5.42. The molecule has 1 aliphatic rings. The van der Waals surface area contributed by atoms with Gasteiger partial charge in [0.25, 0.3) is 0 Å². The molecular formula is C10H14FN3O2S. The highest BCUT2D eigenvalue weighted by Gasteiger charge is 2.25. The fourth-order valence-electron chi connectivity index (χ4n) is 1.89. The molecule has 17 heavy (non-hydrogen) atoms. The van der Waals surface area contributed by atoms with Gasteiger partial charge < -0.3 is 5.32 Å². The summed E-state index contributed by atoms with van der Waals surface area (Å²) in [5, 5.41) is 2.84. The first-order chi connectivity index (χ1) is 7.98. The van der Waals surface area contributed by atoms with Crippen molar-refractivity contribution in [3.05, 3.63) is 17.8 Å². The Kier molecular flexibility index (Phi) is 3.28. The normalized spacial score (nSPS) is 23.3. The highest BCUT2D eigenvalue weighted by molar-refractivity contribution is 7.91. The summed E-state index contributed by atoms with van der Waals surface area (Å²) in [7, 11) is -3.00. The summed E-state index contributed by atoms with van der Waals surface area (Å²) in [6.45, 7) is 1.54. The van der Waals surface area contributed by atoms with Gasteiger partial charge in [0, 0.05) is 6.04 Å². The molecule has 0 radical (unpaired) electrons. The number of hydrogen-bond donors (Lipinski definition) is 1. The van der Waals surface area contributed by atoms with E-state index in [1.807, 2.05) is 0 Å². The van der Waals surface area contributed by atoms with Crippen molar-refractivity contribution in [3.8, 4) is 0 Å². The fraction of sp³-hybridized carbons (Fsp3) is 0.600. The Labute approximate surface area is 99.4 Å². The molecular weight excluding hydrogens is 245 g/mol. The van der Waals surface area contributed by atoms with Crippen molar-refractivity contribution in [1.29, 1.82) is 0 Å². The maximum Gasteiger partial charge on any atom is 0.186 e. The molecule has 2 heterocycles. The first-order valence-corrected chi connectivity index (χ1v) is 7.24. The van der Waals surface area contributed by atoms with E-state index < -0.39 is 15.7 Å². The molecule has 0 spiro atoms. The molecule has 94 valence electrons. The summed E-state index contributed by atoms with van der Waals surface area (Å²) in [5.74, 6) is -0.179. The molecule has 1 aromatic heterocycles. The fourth-order valence-corrected chi connectivity index (χ4v) is 3.52. The van der Waals surface area contributed by atoms with E-state index in [1.54, 1.807) is 6.92 Å². The maximum absolute atomic E-state index is 13.6. The Bertz CT molecular complexity index is 518. The second kappa shape index (κ2) is 4.56. The zero-order chi connectivity index (χ0) is 12.5. The van der Waals surface area contributed by atoms with Crippen LogP contribution in [0.5, 0.6) is 0 Å². The van der Waals surface area contributed by atoms with Gasteiger partial charge in [0.05, 0.1) is 17.2 Å². The highest BCUT2D eigenvalue weighted by atomic mass is 32.2. The van der Waals surface area contributed by atoms with Crippen molar-refractivity contribution in [1.82, 2.24) is 9.97 Å². The van der Waals surface area contributed by atoms with E-state index in [1.165, 1.54) is 6.33 Å². The molecule has 2 rings (SSSR count). The lowest BCUT2D eigenvalue weighted by Gasteiger charge is -2.23. The molecule has 1 aromatic rings. The van der Waals surface area contributed by atoms with Crippen LogP contribution in [0.1, 0.15) is 18.5 Å². The van der Waals surface area contributed by atoms with E-state index in [-0.39, 0.29) is 29.1 Å². The Morgan fingerprint density at radius 2 is 2.24 bits per heavy atom. The topological polar surface area (TPSA) is 72.0 Å². The lowest BCUT2D eigenvalue weighted by molar-refractivity contribution is 0.556. The molecule has 1 N–H and O–H groups in total. The van der Waals surface area contributed by atoms with Crippen LogP contribution in [0.3, 0.4) is 0 Å². The maximum atomic E-state index is 13.6. The van der Waals surface area contributed by atoms with Gasteiger partial charge in [-0.2, -0.15) is 0 Å². The monoisotopic (exact) mass is 259 g/mol. The van der Waals surface area contributed by atoms with Gasteiger partial charge in [-0.15, -0.1) is 0 Å². The summed E-state index contributed by atoms with van der Waals surface area (Å²) in [6.07, 6.45) is 2.57. The van der Waals surface area contributed by atoms with Gasteiger partial charge in [-0.3, -0.25) is 0 Å². The summed E-state index contributed by atoms with van der Waals surface area (Å²) in [5.41, 5.74) is 0.251. The smallest absolute Gasteiger partial charge is 0.186 e. The van der Waals surface area contributed by atoms with Gasteiger partial charge in [-0.25, -0.2) is 22.8 Å². The van der Waals surface area contributed by atoms with E-state index in [0.29, 0.717) is 12.8 Å². The van der Waals surface area contributed by atoms with Crippen LogP contribution >= 0.6 is 0 Å². The lowest BCUT2D eigenvalue weighted by Crippen LogP contribution is -2.35. The molecule has 5 nitrogen and oxygen atoms in total. The van der Waals surface area contributed by atoms with Crippen molar-refractivity contribution >= 4 is 15.7 Å². The molecule has 1 unspecified atom stereocenters. The number of anilines is 1. The number of nitrogens with zero attached hydrogens (tertiary/aromatic N) is 2. The summed E-state index contributed by atoms with van der Waals surface area (Å²) in [4.78, 5) is 7.51. The standard InChI is InChI=1S/C10H14FN3O2S/c1-7-9(11)10(13-6-12-7)14-8-3-2-4-17(15,16)5-8/h6,8H,2-5H2,1H3,(H,12,13,14). The van der Waals surface area contributed by atoms with E-state index in [2.05, 4.69) is 15.3 Å². The van der Waals surface area contributed by atoms with Crippen LogP contribution in [0, 0.1) is 12.7 Å². The summed E-state index contributed by atoms with van der Waals surface area (Å²) in [6, 6.07) is -0.266. The predicted molar refractivity (Wildman–Crippen MR) is 62.0 cm³/mol. The van der Waals surface area contributed by atoms with Crippen molar-refractivity contribution < 1.29 is 12.8 Å². The molecule has 1 aliphatic heterocycles. The van der Waals surface area contributed by atoms with E-state index in [0.717, 1.165) is 0 Å². The van der Waals surface area contributed by atoms with E-state index in [9.17, 15) is 12.8 Å². The number of aryl methyl sites for hydroxylation is 1. The minimum absolute atomic E-state index is 0.0372. The van der Waals surface area contributed by atoms with E-state index >= 15 is 0 Å². The molecule has 0 amide bonds. The second-order valence-corrected chi connectivity index (χ2v) is 6.45. The quantitative estimate of drug-likeness (QED) is 0.854. The Hall–Kier alpha value is -1.24. The van der Waals surface area contributed by atoms with Gasteiger partial charge in [-0.05, 0) is 19.8 Å². The number of hydrogen-bond acceptors (Lipinski definition) is 5. The molecule has 0 aromatic carbocycles. The second-order valence-electron chi connectivity index (χ2n) is 4.22. The molecule has 1 fully saturated rings. The third-order valence-electron chi connectivity index (χ3n) is 2.77. The van der Waals surface area contributed by atoms with Gasteiger partial charge >= 0.3 is 0 Å². The minimum Gasteiger partial charge on any atom is -0.364 e. The van der Waals surface area contributed by atoms with Crippen molar-refractivity contribution in [3.63, 3.8) is 0 Å². The molecule has 1 saturated heterocycles. The van der Waals surface area contributed by atoms with Gasteiger partial charge in [-0.1, -0.05) is 0 Å². The zero-order valence-corrected chi connectivity index (χ0v) is 10.3. The molecule has 7 heteroatoms.